The van der Waals surface area contributed by atoms with Crippen LogP contribution in [0, 0.1) is 0 Å². The first kappa shape index (κ1) is 18.3. The lowest BCUT2D eigenvalue weighted by Crippen LogP contribution is -2.27. The molecule has 9 heteroatoms. The van der Waals surface area contributed by atoms with Crippen LogP contribution in [-0.2, 0) is 6.18 Å². The number of hydrogen-bond acceptors (Lipinski definition) is 4. The second-order valence-corrected chi connectivity index (χ2v) is 6.32. The highest BCUT2D eigenvalue weighted by molar-refractivity contribution is 6.31. The molecule has 1 aromatic heterocycles. The fraction of sp³-hybridized carbons (Fsp3) is 0.294. The highest BCUT2D eigenvalue weighted by atomic mass is 35.5. The third-order valence-corrected chi connectivity index (χ3v) is 4.30. The molecule has 0 radical (unpaired) electrons. The monoisotopic (exact) mass is 385 g/mol. The number of alkyl halides is 3. The highest BCUT2D eigenvalue weighted by Gasteiger charge is 2.31. The van der Waals surface area contributed by atoms with Crippen molar-refractivity contribution in [3.05, 3.63) is 52.7 Å². The molecular weight excluding hydrogens is 371 g/mol. The van der Waals surface area contributed by atoms with Crippen LogP contribution in [0.25, 0.3) is 0 Å². The Morgan fingerprint density at radius 1 is 1.31 bits per heavy atom. The molecule has 0 unspecified atom stereocenters. The van der Waals surface area contributed by atoms with Gasteiger partial charge in [-0.1, -0.05) is 11.6 Å². The van der Waals surface area contributed by atoms with Crippen LogP contribution in [0.5, 0.6) is 5.88 Å². The maximum Gasteiger partial charge on any atom is 0.417 e. The number of benzene rings is 1. The van der Waals surface area contributed by atoms with E-state index in [1.165, 1.54) is 12.1 Å². The van der Waals surface area contributed by atoms with Gasteiger partial charge in [-0.2, -0.15) is 13.2 Å². The first-order chi connectivity index (χ1) is 12.2. The van der Waals surface area contributed by atoms with Gasteiger partial charge >= 0.3 is 6.18 Å². The molecule has 1 atom stereocenters. The predicted octanol–water partition coefficient (Wildman–Crippen LogP) is 3.51. The highest BCUT2D eigenvalue weighted by Crippen LogP contribution is 2.31. The number of hydrogen-bond donors (Lipinski definition) is 1. The van der Waals surface area contributed by atoms with Gasteiger partial charge in [-0.25, -0.2) is 4.98 Å². The quantitative estimate of drug-likeness (QED) is 0.874. The van der Waals surface area contributed by atoms with E-state index >= 15 is 0 Å². The Bertz CT molecular complexity index is 812. The van der Waals surface area contributed by atoms with Gasteiger partial charge in [0.05, 0.1) is 17.7 Å². The lowest BCUT2D eigenvalue weighted by Gasteiger charge is -2.21. The molecule has 3 rings (SSSR count). The normalized spacial score (nSPS) is 17.4. The number of primary amides is 1. The smallest absolute Gasteiger partial charge is 0.417 e. The van der Waals surface area contributed by atoms with E-state index < -0.39 is 17.6 Å². The maximum absolute atomic E-state index is 12.6. The first-order valence-corrected chi connectivity index (χ1v) is 8.16. The number of ether oxygens (including phenoxy) is 1. The van der Waals surface area contributed by atoms with Crippen molar-refractivity contribution in [2.24, 2.45) is 5.73 Å². The summed E-state index contributed by atoms with van der Waals surface area (Å²) in [6.07, 6.45) is -3.33. The zero-order valence-electron chi connectivity index (χ0n) is 13.5. The van der Waals surface area contributed by atoms with Crippen LogP contribution < -0.4 is 15.4 Å². The summed E-state index contributed by atoms with van der Waals surface area (Å²) in [5.41, 5.74) is 5.53. The van der Waals surface area contributed by atoms with E-state index in [2.05, 4.69) is 4.98 Å². The van der Waals surface area contributed by atoms with Crippen molar-refractivity contribution in [3.63, 3.8) is 0 Å². The summed E-state index contributed by atoms with van der Waals surface area (Å²) in [6.45, 7) is 1.05. The Morgan fingerprint density at radius 2 is 2.08 bits per heavy atom. The molecule has 2 N–H and O–H groups in total. The number of carbonyl (C=O) groups is 1. The van der Waals surface area contributed by atoms with E-state index in [1.54, 1.807) is 12.1 Å². The molecule has 1 saturated heterocycles. The van der Waals surface area contributed by atoms with Crippen LogP contribution in [-0.4, -0.2) is 30.1 Å². The summed E-state index contributed by atoms with van der Waals surface area (Å²) >= 11 is 5.91. The number of halogens is 4. The van der Waals surface area contributed by atoms with Gasteiger partial charge in [0.1, 0.15) is 6.10 Å². The molecular formula is C17H15ClF3N3O2. The summed E-state index contributed by atoms with van der Waals surface area (Å²) in [7, 11) is 0. The second-order valence-electron chi connectivity index (χ2n) is 5.88. The largest absolute Gasteiger partial charge is 0.472 e. The molecule has 5 nitrogen and oxygen atoms in total. The molecule has 1 aromatic carbocycles. The van der Waals surface area contributed by atoms with Gasteiger partial charge in [-0.15, -0.1) is 0 Å². The van der Waals surface area contributed by atoms with Crippen molar-refractivity contribution in [1.29, 1.82) is 0 Å². The molecule has 1 aliphatic rings. The van der Waals surface area contributed by atoms with Gasteiger partial charge in [0.2, 0.25) is 5.88 Å². The fourth-order valence-electron chi connectivity index (χ4n) is 2.81. The van der Waals surface area contributed by atoms with Crippen molar-refractivity contribution in [2.45, 2.75) is 18.7 Å². The van der Waals surface area contributed by atoms with Crippen LogP contribution in [0.2, 0.25) is 5.02 Å². The molecule has 26 heavy (non-hydrogen) atoms. The zero-order valence-corrected chi connectivity index (χ0v) is 14.2. The summed E-state index contributed by atoms with van der Waals surface area (Å²) in [5.74, 6) is -0.465. The Kier molecular flexibility index (Phi) is 4.95. The van der Waals surface area contributed by atoms with Crippen molar-refractivity contribution >= 4 is 23.2 Å². The Morgan fingerprint density at radius 3 is 2.69 bits per heavy atom. The van der Waals surface area contributed by atoms with Crippen LogP contribution in [0.15, 0.2) is 36.5 Å². The zero-order chi connectivity index (χ0) is 18.9. The van der Waals surface area contributed by atoms with E-state index in [9.17, 15) is 18.0 Å². The molecule has 138 valence electrons. The summed E-state index contributed by atoms with van der Waals surface area (Å²) in [5, 5.41) is 0.406. The minimum atomic E-state index is -4.44. The van der Waals surface area contributed by atoms with Crippen molar-refractivity contribution in [2.75, 3.05) is 18.0 Å². The minimum absolute atomic E-state index is 0.121. The molecule has 1 aliphatic heterocycles. The number of nitrogens with zero attached hydrogens (tertiary/aromatic N) is 2. The summed E-state index contributed by atoms with van der Waals surface area (Å²) in [4.78, 5) is 17.3. The van der Waals surface area contributed by atoms with E-state index in [0.717, 1.165) is 12.3 Å². The third kappa shape index (κ3) is 4.01. The topological polar surface area (TPSA) is 68.5 Å². The molecule has 1 fully saturated rings. The van der Waals surface area contributed by atoms with Gasteiger partial charge in [0.25, 0.3) is 5.91 Å². The number of anilines is 1. The molecule has 0 bridgehead atoms. The van der Waals surface area contributed by atoms with Crippen LogP contribution in [0.3, 0.4) is 0 Å². The van der Waals surface area contributed by atoms with E-state index in [1.807, 2.05) is 4.90 Å². The van der Waals surface area contributed by atoms with Gasteiger partial charge < -0.3 is 15.4 Å². The average molecular weight is 386 g/mol. The molecule has 0 spiro atoms. The average Bonchev–Trinajstić information content (AvgIpc) is 3.02. The molecule has 2 aromatic rings. The van der Waals surface area contributed by atoms with E-state index in [0.29, 0.717) is 35.8 Å². The Labute approximate surface area is 152 Å². The first-order valence-electron chi connectivity index (χ1n) is 7.78. The number of carbonyl (C=O) groups excluding carboxylic acids is 1. The van der Waals surface area contributed by atoms with Gasteiger partial charge in [-0.3, -0.25) is 4.79 Å². The number of aromatic nitrogens is 1. The van der Waals surface area contributed by atoms with E-state index in [-0.39, 0.29) is 12.0 Å². The molecule has 0 saturated carbocycles. The van der Waals surface area contributed by atoms with E-state index in [4.69, 9.17) is 22.1 Å². The van der Waals surface area contributed by atoms with Crippen LogP contribution in [0.1, 0.15) is 22.3 Å². The second kappa shape index (κ2) is 7.03. The maximum atomic E-state index is 12.6. The van der Waals surface area contributed by atoms with Crippen LogP contribution >= 0.6 is 11.6 Å². The Balaban J connectivity index is 1.69. The SMILES string of the molecule is NC(=O)c1cc(Cl)ccc1N1CC[C@@H](Oc2ccc(C(F)(F)F)cn2)C1. The molecule has 1 amide bonds. The predicted molar refractivity (Wildman–Crippen MR) is 90.5 cm³/mol. The number of pyridine rings is 1. The minimum Gasteiger partial charge on any atom is -0.472 e. The fourth-order valence-corrected chi connectivity index (χ4v) is 2.99. The van der Waals surface area contributed by atoms with Gasteiger partial charge in [0.15, 0.2) is 0 Å². The van der Waals surface area contributed by atoms with Crippen LogP contribution in [0.4, 0.5) is 18.9 Å². The summed E-state index contributed by atoms with van der Waals surface area (Å²) in [6, 6.07) is 7.00. The number of amides is 1. The summed E-state index contributed by atoms with van der Waals surface area (Å²) < 4.78 is 43.3. The van der Waals surface area contributed by atoms with Gasteiger partial charge in [-0.05, 0) is 24.3 Å². The van der Waals surface area contributed by atoms with Crippen molar-refractivity contribution in [3.8, 4) is 5.88 Å². The standard InChI is InChI=1S/C17H15ClF3N3O2/c18-11-2-3-14(13(7-11)16(22)25)24-6-5-12(9-24)26-15-4-1-10(8-23-15)17(19,20)21/h1-4,7-8,12H,5-6,9H2,(H2,22,25)/t12-/m1/s1. The third-order valence-electron chi connectivity index (χ3n) is 4.06. The van der Waals surface area contributed by atoms with Crippen molar-refractivity contribution < 1.29 is 22.7 Å². The number of rotatable bonds is 4. The Hall–Kier alpha value is -2.48. The lowest BCUT2D eigenvalue weighted by molar-refractivity contribution is -0.137. The van der Waals surface area contributed by atoms with Crippen molar-refractivity contribution in [1.82, 2.24) is 4.98 Å². The number of nitrogens with two attached hydrogens (primary N) is 1. The molecule has 2 heterocycles. The molecule has 0 aliphatic carbocycles. The lowest BCUT2D eigenvalue weighted by atomic mass is 10.1. The van der Waals surface area contributed by atoms with Gasteiger partial charge in [0, 0.05) is 35.9 Å².